The minimum absolute atomic E-state index is 0.249. The average Bonchev–Trinajstić information content (AvgIpc) is 3.14. The van der Waals surface area contributed by atoms with E-state index >= 15 is 0 Å². The number of aromatic nitrogens is 1. The minimum atomic E-state index is -0.426. The van der Waals surface area contributed by atoms with Crippen LogP contribution >= 0.6 is 11.3 Å². The van der Waals surface area contributed by atoms with Crippen molar-refractivity contribution in [1.29, 1.82) is 0 Å². The maximum atomic E-state index is 13.7. The molecular formula is C22H26FN3O2S. The molecule has 7 heteroatoms. The van der Waals surface area contributed by atoms with Crippen molar-refractivity contribution in [2.45, 2.75) is 20.8 Å². The van der Waals surface area contributed by atoms with Gasteiger partial charge in [-0.1, -0.05) is 31.3 Å². The second-order valence-electron chi connectivity index (χ2n) is 6.55. The maximum Gasteiger partial charge on any atom is 0.260 e. The number of thiazole rings is 1. The number of hydrogen-bond acceptors (Lipinski definition) is 5. The summed E-state index contributed by atoms with van der Waals surface area (Å²) in [4.78, 5) is 21.8. The van der Waals surface area contributed by atoms with Crippen LogP contribution in [0.4, 0.5) is 9.52 Å². The fourth-order valence-corrected chi connectivity index (χ4v) is 4.13. The number of nitrogens with zero attached hydrogens (tertiary/aromatic N) is 3. The summed E-state index contributed by atoms with van der Waals surface area (Å²) in [7, 11) is 0. The van der Waals surface area contributed by atoms with Crippen LogP contribution < -0.4 is 9.64 Å². The van der Waals surface area contributed by atoms with E-state index in [4.69, 9.17) is 4.74 Å². The highest BCUT2D eigenvalue weighted by molar-refractivity contribution is 7.22. The van der Waals surface area contributed by atoms with Gasteiger partial charge >= 0.3 is 0 Å². The summed E-state index contributed by atoms with van der Waals surface area (Å²) < 4.78 is 20.2. The van der Waals surface area contributed by atoms with Crippen molar-refractivity contribution in [2.24, 2.45) is 0 Å². The Labute approximate surface area is 174 Å². The SMILES string of the molecule is CCOc1ccc2nc(N(CCN(CC)CC)C(=O)c3cccc(F)c3)sc2c1. The molecule has 0 spiro atoms. The van der Waals surface area contributed by atoms with Gasteiger partial charge in [0.2, 0.25) is 0 Å². The third kappa shape index (κ3) is 5.10. The summed E-state index contributed by atoms with van der Waals surface area (Å²) in [6.45, 7) is 9.71. The zero-order valence-electron chi connectivity index (χ0n) is 17.0. The van der Waals surface area contributed by atoms with Crippen molar-refractivity contribution in [1.82, 2.24) is 9.88 Å². The molecule has 0 saturated heterocycles. The molecule has 0 bridgehead atoms. The predicted octanol–water partition coefficient (Wildman–Crippen LogP) is 4.82. The molecule has 3 aromatic rings. The molecule has 2 aromatic carbocycles. The lowest BCUT2D eigenvalue weighted by molar-refractivity contribution is 0.0983. The van der Waals surface area contributed by atoms with Crippen LogP contribution in [0.5, 0.6) is 5.75 Å². The minimum Gasteiger partial charge on any atom is -0.494 e. The lowest BCUT2D eigenvalue weighted by atomic mass is 10.2. The van der Waals surface area contributed by atoms with Crippen molar-refractivity contribution in [3.05, 3.63) is 53.8 Å². The van der Waals surface area contributed by atoms with E-state index in [0.29, 0.717) is 30.4 Å². The van der Waals surface area contributed by atoms with Gasteiger partial charge in [-0.3, -0.25) is 9.69 Å². The standard InChI is InChI=1S/C22H26FN3O2S/c1-4-25(5-2)12-13-26(21(27)16-8-7-9-17(23)14-16)22-24-19-11-10-18(28-6-3)15-20(19)29-22/h7-11,14-15H,4-6,12-13H2,1-3H3. The summed E-state index contributed by atoms with van der Waals surface area (Å²) >= 11 is 1.44. The highest BCUT2D eigenvalue weighted by atomic mass is 32.1. The number of halogens is 1. The lowest BCUT2D eigenvalue weighted by Crippen LogP contribution is -2.38. The van der Waals surface area contributed by atoms with E-state index < -0.39 is 5.82 Å². The molecule has 0 saturated carbocycles. The Balaban J connectivity index is 1.95. The van der Waals surface area contributed by atoms with Crippen LogP contribution in [0.3, 0.4) is 0 Å². The molecule has 0 atom stereocenters. The summed E-state index contributed by atoms with van der Waals surface area (Å²) in [5, 5.41) is 0.607. The zero-order valence-corrected chi connectivity index (χ0v) is 17.8. The molecule has 0 fully saturated rings. The Kier molecular flexibility index (Phi) is 7.17. The Morgan fingerprint density at radius 2 is 1.90 bits per heavy atom. The highest BCUT2D eigenvalue weighted by Gasteiger charge is 2.22. The van der Waals surface area contributed by atoms with Crippen LogP contribution in [0.1, 0.15) is 31.1 Å². The fourth-order valence-electron chi connectivity index (χ4n) is 3.11. The quantitative estimate of drug-likeness (QED) is 0.503. The number of rotatable bonds is 9. The fraction of sp³-hybridized carbons (Fsp3) is 0.364. The van der Waals surface area contributed by atoms with Crippen molar-refractivity contribution in [2.75, 3.05) is 37.7 Å². The zero-order chi connectivity index (χ0) is 20.8. The van der Waals surface area contributed by atoms with Gasteiger partial charge in [0.05, 0.1) is 16.8 Å². The van der Waals surface area contributed by atoms with E-state index in [1.165, 1.54) is 23.5 Å². The van der Waals surface area contributed by atoms with E-state index in [2.05, 4.69) is 23.7 Å². The molecule has 0 aliphatic carbocycles. The first-order valence-electron chi connectivity index (χ1n) is 9.88. The third-order valence-electron chi connectivity index (χ3n) is 4.74. The normalized spacial score (nSPS) is 11.2. The first kappa shape index (κ1) is 21.2. The molecule has 0 aliphatic rings. The number of benzene rings is 2. The lowest BCUT2D eigenvalue weighted by Gasteiger charge is -2.24. The number of amides is 1. The second-order valence-corrected chi connectivity index (χ2v) is 7.56. The molecule has 1 aromatic heterocycles. The van der Waals surface area contributed by atoms with E-state index in [0.717, 1.165) is 29.1 Å². The smallest absolute Gasteiger partial charge is 0.260 e. The number of hydrogen-bond donors (Lipinski definition) is 0. The molecule has 1 heterocycles. The van der Waals surface area contributed by atoms with E-state index in [-0.39, 0.29) is 5.91 Å². The van der Waals surface area contributed by atoms with E-state index in [1.54, 1.807) is 17.0 Å². The monoisotopic (exact) mass is 415 g/mol. The van der Waals surface area contributed by atoms with Gasteiger partial charge in [0.15, 0.2) is 5.13 Å². The van der Waals surface area contributed by atoms with Crippen LogP contribution in [-0.4, -0.2) is 48.6 Å². The van der Waals surface area contributed by atoms with Crippen molar-refractivity contribution >= 4 is 32.6 Å². The first-order valence-corrected chi connectivity index (χ1v) is 10.7. The van der Waals surface area contributed by atoms with Crippen molar-refractivity contribution in [3.8, 4) is 5.75 Å². The molecule has 154 valence electrons. The van der Waals surface area contributed by atoms with Gasteiger partial charge < -0.3 is 9.64 Å². The largest absolute Gasteiger partial charge is 0.494 e. The van der Waals surface area contributed by atoms with E-state index in [9.17, 15) is 9.18 Å². The molecule has 0 aliphatic heterocycles. The van der Waals surface area contributed by atoms with Gasteiger partial charge in [-0.25, -0.2) is 9.37 Å². The van der Waals surface area contributed by atoms with Crippen LogP contribution in [0.2, 0.25) is 0 Å². The second kappa shape index (κ2) is 9.80. The van der Waals surface area contributed by atoms with Crippen LogP contribution in [0, 0.1) is 5.82 Å². The number of carbonyl (C=O) groups is 1. The van der Waals surface area contributed by atoms with Gasteiger partial charge in [-0.2, -0.15) is 0 Å². The van der Waals surface area contributed by atoms with Crippen LogP contribution in [0.25, 0.3) is 10.2 Å². The third-order valence-corrected chi connectivity index (χ3v) is 5.78. The average molecular weight is 416 g/mol. The molecule has 1 amide bonds. The van der Waals surface area contributed by atoms with Crippen LogP contribution in [-0.2, 0) is 0 Å². The van der Waals surface area contributed by atoms with Gasteiger partial charge in [0.1, 0.15) is 11.6 Å². The summed E-state index contributed by atoms with van der Waals surface area (Å²) in [6, 6.07) is 11.5. The van der Waals surface area contributed by atoms with Crippen LogP contribution in [0.15, 0.2) is 42.5 Å². The Morgan fingerprint density at radius 1 is 1.10 bits per heavy atom. The molecular weight excluding hydrogens is 389 g/mol. The Bertz CT molecular complexity index is 972. The van der Waals surface area contributed by atoms with Gasteiger partial charge in [-0.15, -0.1) is 0 Å². The predicted molar refractivity (Wildman–Crippen MR) is 117 cm³/mol. The highest BCUT2D eigenvalue weighted by Crippen LogP contribution is 2.32. The van der Waals surface area contributed by atoms with E-state index in [1.807, 2.05) is 25.1 Å². The Hall–Kier alpha value is -2.51. The van der Waals surface area contributed by atoms with Gasteiger partial charge in [-0.05, 0) is 56.4 Å². The summed E-state index contributed by atoms with van der Waals surface area (Å²) in [6.07, 6.45) is 0. The van der Waals surface area contributed by atoms with Gasteiger partial charge in [0, 0.05) is 18.7 Å². The summed E-state index contributed by atoms with van der Waals surface area (Å²) in [5.74, 6) is 0.104. The number of anilines is 1. The van der Waals surface area contributed by atoms with Crippen molar-refractivity contribution < 1.29 is 13.9 Å². The topological polar surface area (TPSA) is 45.7 Å². The molecule has 0 N–H and O–H groups in total. The maximum absolute atomic E-state index is 13.7. The summed E-state index contributed by atoms with van der Waals surface area (Å²) in [5.41, 5.74) is 1.13. The molecule has 5 nitrogen and oxygen atoms in total. The first-order chi connectivity index (χ1) is 14.0. The van der Waals surface area contributed by atoms with Crippen molar-refractivity contribution in [3.63, 3.8) is 0 Å². The van der Waals surface area contributed by atoms with Gasteiger partial charge in [0.25, 0.3) is 5.91 Å². The number of carbonyl (C=O) groups excluding carboxylic acids is 1. The molecule has 0 radical (unpaired) electrons. The number of fused-ring (bicyclic) bond motifs is 1. The number of ether oxygens (including phenoxy) is 1. The molecule has 3 rings (SSSR count). The number of likely N-dealkylation sites (N-methyl/N-ethyl adjacent to an activating group) is 1. The Morgan fingerprint density at radius 3 is 2.59 bits per heavy atom. The molecule has 0 unspecified atom stereocenters. The molecule has 29 heavy (non-hydrogen) atoms.